The van der Waals surface area contributed by atoms with Crippen molar-refractivity contribution < 1.29 is 14.3 Å². The zero-order valence-corrected chi connectivity index (χ0v) is 13.5. The predicted molar refractivity (Wildman–Crippen MR) is 90.0 cm³/mol. The van der Waals surface area contributed by atoms with Crippen molar-refractivity contribution in [2.75, 3.05) is 13.7 Å². The van der Waals surface area contributed by atoms with Crippen LogP contribution in [0.5, 0.6) is 11.5 Å². The Labute approximate surface area is 135 Å². The molecule has 2 aromatic carbocycles. The zero-order chi connectivity index (χ0) is 16.7. The minimum absolute atomic E-state index is 0.0791. The van der Waals surface area contributed by atoms with E-state index in [4.69, 9.17) is 9.47 Å². The standard InChI is InChI=1S/C18H20N2O3/c1-13-6-4-5-7-17(13)23-12-18(21)20-19-14(2)15-8-10-16(22-3)11-9-15/h4-11H,12H2,1-3H3,(H,20,21)/b19-14+. The van der Waals surface area contributed by atoms with Crippen LogP contribution in [0.25, 0.3) is 0 Å². The summed E-state index contributed by atoms with van der Waals surface area (Å²) in [5, 5.41) is 4.08. The maximum absolute atomic E-state index is 11.8. The van der Waals surface area contributed by atoms with E-state index in [0.717, 1.165) is 16.9 Å². The van der Waals surface area contributed by atoms with Crippen molar-refractivity contribution in [2.24, 2.45) is 5.10 Å². The molecule has 0 aliphatic carbocycles. The summed E-state index contributed by atoms with van der Waals surface area (Å²) in [5.41, 5.74) is 5.09. The molecule has 5 heteroatoms. The number of hydrogen-bond donors (Lipinski definition) is 1. The van der Waals surface area contributed by atoms with Gasteiger partial charge in [-0.2, -0.15) is 5.10 Å². The summed E-state index contributed by atoms with van der Waals surface area (Å²) in [6, 6.07) is 15.0. The van der Waals surface area contributed by atoms with Gasteiger partial charge in [-0.05, 0) is 55.3 Å². The van der Waals surface area contributed by atoms with Crippen LogP contribution in [0.1, 0.15) is 18.1 Å². The zero-order valence-electron chi connectivity index (χ0n) is 13.5. The fourth-order valence-corrected chi connectivity index (χ4v) is 1.94. The van der Waals surface area contributed by atoms with Gasteiger partial charge in [-0.25, -0.2) is 5.43 Å². The molecule has 0 saturated heterocycles. The predicted octanol–water partition coefficient (Wildman–Crippen LogP) is 2.92. The second-order valence-electron chi connectivity index (χ2n) is 5.01. The Morgan fingerprint density at radius 2 is 1.83 bits per heavy atom. The van der Waals surface area contributed by atoms with Crippen LogP contribution in [-0.4, -0.2) is 25.3 Å². The number of para-hydroxylation sites is 1. The van der Waals surface area contributed by atoms with Crippen molar-refractivity contribution in [3.05, 3.63) is 59.7 Å². The quantitative estimate of drug-likeness (QED) is 0.659. The summed E-state index contributed by atoms with van der Waals surface area (Å²) in [5.74, 6) is 1.16. The first-order valence-electron chi connectivity index (χ1n) is 7.26. The van der Waals surface area contributed by atoms with Gasteiger partial charge in [0.2, 0.25) is 0 Å². The topological polar surface area (TPSA) is 59.9 Å². The maximum atomic E-state index is 11.8. The molecule has 0 aromatic heterocycles. The SMILES string of the molecule is COc1ccc(/C(C)=N/NC(=O)COc2ccccc2C)cc1. The van der Waals surface area contributed by atoms with Crippen molar-refractivity contribution >= 4 is 11.6 Å². The summed E-state index contributed by atoms with van der Waals surface area (Å²) in [4.78, 5) is 11.8. The van der Waals surface area contributed by atoms with E-state index in [1.165, 1.54) is 0 Å². The van der Waals surface area contributed by atoms with Crippen LogP contribution in [0.4, 0.5) is 0 Å². The number of rotatable bonds is 6. The second-order valence-corrected chi connectivity index (χ2v) is 5.01. The molecule has 0 aliphatic rings. The highest BCUT2D eigenvalue weighted by Crippen LogP contribution is 2.15. The summed E-state index contributed by atoms with van der Waals surface area (Å²) in [7, 11) is 1.62. The van der Waals surface area contributed by atoms with Crippen LogP contribution < -0.4 is 14.9 Å². The lowest BCUT2D eigenvalue weighted by atomic mass is 10.1. The number of hydrogen-bond acceptors (Lipinski definition) is 4. The number of carbonyl (C=O) groups is 1. The largest absolute Gasteiger partial charge is 0.497 e. The summed E-state index contributed by atoms with van der Waals surface area (Å²) < 4.78 is 10.6. The van der Waals surface area contributed by atoms with Crippen LogP contribution in [0, 0.1) is 6.92 Å². The normalized spacial score (nSPS) is 11.0. The van der Waals surface area contributed by atoms with Gasteiger partial charge in [0, 0.05) is 0 Å². The summed E-state index contributed by atoms with van der Waals surface area (Å²) in [6.07, 6.45) is 0. The smallest absolute Gasteiger partial charge is 0.277 e. The van der Waals surface area contributed by atoms with Gasteiger partial charge in [0.05, 0.1) is 12.8 Å². The molecule has 2 aromatic rings. The molecule has 120 valence electrons. The molecule has 2 rings (SSSR count). The molecular weight excluding hydrogens is 292 g/mol. The molecule has 0 atom stereocenters. The highest BCUT2D eigenvalue weighted by molar-refractivity contribution is 5.99. The van der Waals surface area contributed by atoms with E-state index >= 15 is 0 Å². The Morgan fingerprint density at radius 1 is 1.13 bits per heavy atom. The molecule has 5 nitrogen and oxygen atoms in total. The fourth-order valence-electron chi connectivity index (χ4n) is 1.94. The van der Waals surface area contributed by atoms with Crippen molar-refractivity contribution in [3.8, 4) is 11.5 Å². The van der Waals surface area contributed by atoms with E-state index < -0.39 is 0 Å². The Bertz CT molecular complexity index is 694. The number of hydrazone groups is 1. The van der Waals surface area contributed by atoms with Gasteiger partial charge in [0.15, 0.2) is 6.61 Å². The highest BCUT2D eigenvalue weighted by Gasteiger charge is 2.04. The van der Waals surface area contributed by atoms with Crippen LogP contribution in [0.3, 0.4) is 0 Å². The average Bonchev–Trinajstić information content (AvgIpc) is 2.59. The minimum Gasteiger partial charge on any atom is -0.497 e. The number of ether oxygens (including phenoxy) is 2. The Hall–Kier alpha value is -2.82. The highest BCUT2D eigenvalue weighted by atomic mass is 16.5. The van der Waals surface area contributed by atoms with Gasteiger partial charge in [-0.15, -0.1) is 0 Å². The first kappa shape index (κ1) is 16.5. The van der Waals surface area contributed by atoms with Crippen LogP contribution >= 0.6 is 0 Å². The molecule has 0 fully saturated rings. The maximum Gasteiger partial charge on any atom is 0.277 e. The summed E-state index contributed by atoms with van der Waals surface area (Å²) >= 11 is 0. The molecule has 0 saturated carbocycles. The Balaban J connectivity index is 1.88. The van der Waals surface area contributed by atoms with Crippen LogP contribution in [-0.2, 0) is 4.79 Å². The number of benzene rings is 2. The number of aryl methyl sites for hydroxylation is 1. The van der Waals surface area contributed by atoms with E-state index in [1.54, 1.807) is 7.11 Å². The third kappa shape index (κ3) is 4.85. The molecular formula is C18H20N2O3. The van der Waals surface area contributed by atoms with Crippen molar-refractivity contribution in [2.45, 2.75) is 13.8 Å². The van der Waals surface area contributed by atoms with Gasteiger partial charge < -0.3 is 9.47 Å². The van der Waals surface area contributed by atoms with E-state index in [0.29, 0.717) is 11.5 Å². The molecule has 0 spiro atoms. The first-order chi connectivity index (χ1) is 11.1. The van der Waals surface area contributed by atoms with Gasteiger partial charge >= 0.3 is 0 Å². The number of nitrogens with one attached hydrogen (secondary N) is 1. The number of methoxy groups -OCH3 is 1. The Morgan fingerprint density at radius 3 is 2.48 bits per heavy atom. The van der Waals surface area contributed by atoms with E-state index in [2.05, 4.69) is 10.5 Å². The fraction of sp³-hybridized carbons (Fsp3) is 0.222. The lowest BCUT2D eigenvalue weighted by Gasteiger charge is -2.08. The van der Waals surface area contributed by atoms with Gasteiger partial charge in [-0.1, -0.05) is 18.2 Å². The number of amides is 1. The van der Waals surface area contributed by atoms with E-state index in [9.17, 15) is 4.79 Å². The third-order valence-corrected chi connectivity index (χ3v) is 3.31. The number of nitrogens with zero attached hydrogens (tertiary/aromatic N) is 1. The minimum atomic E-state index is -0.305. The van der Waals surface area contributed by atoms with Gasteiger partial charge in [0.25, 0.3) is 5.91 Å². The Kier molecular flexibility index (Phi) is 5.74. The van der Waals surface area contributed by atoms with Crippen molar-refractivity contribution in [1.82, 2.24) is 5.43 Å². The molecule has 0 radical (unpaired) electrons. The molecule has 1 N–H and O–H groups in total. The molecule has 0 unspecified atom stereocenters. The van der Waals surface area contributed by atoms with Crippen LogP contribution in [0.15, 0.2) is 53.6 Å². The third-order valence-electron chi connectivity index (χ3n) is 3.31. The van der Waals surface area contributed by atoms with Crippen molar-refractivity contribution in [1.29, 1.82) is 0 Å². The molecule has 0 aliphatic heterocycles. The van der Waals surface area contributed by atoms with Crippen molar-refractivity contribution in [3.63, 3.8) is 0 Å². The van der Waals surface area contributed by atoms with Gasteiger partial charge in [-0.3, -0.25) is 4.79 Å². The number of carbonyl (C=O) groups excluding carboxylic acids is 1. The lowest BCUT2D eigenvalue weighted by Crippen LogP contribution is -2.25. The molecule has 23 heavy (non-hydrogen) atoms. The summed E-state index contributed by atoms with van der Waals surface area (Å²) in [6.45, 7) is 3.67. The van der Waals surface area contributed by atoms with E-state index in [-0.39, 0.29) is 12.5 Å². The first-order valence-corrected chi connectivity index (χ1v) is 7.26. The van der Waals surface area contributed by atoms with E-state index in [1.807, 2.05) is 62.4 Å². The second kappa shape index (κ2) is 7.98. The monoisotopic (exact) mass is 312 g/mol. The lowest BCUT2D eigenvalue weighted by molar-refractivity contribution is -0.123. The van der Waals surface area contributed by atoms with Crippen LogP contribution in [0.2, 0.25) is 0 Å². The molecule has 1 amide bonds. The van der Waals surface area contributed by atoms with Gasteiger partial charge in [0.1, 0.15) is 11.5 Å². The molecule has 0 bridgehead atoms. The molecule has 0 heterocycles. The average molecular weight is 312 g/mol.